The topological polar surface area (TPSA) is 46.5 Å². The standard InChI is InChI=1S/C4H8O3.Bi.3H/c1-2-7-3-4(5)6;;;;/h2-3H2,1H3,(H,5,6);;;;. The molecule has 0 aliphatic heterocycles. The first kappa shape index (κ1) is 11.2. The van der Waals surface area contributed by atoms with Crippen LogP contribution in [-0.4, -0.2) is 50.5 Å². The molecule has 8 heavy (non-hydrogen) atoms. The normalized spacial score (nSPS) is 7.62. The zero-order chi connectivity index (χ0) is 5.70. The Bertz CT molecular complexity index is 64.3. The van der Waals surface area contributed by atoms with Crippen LogP contribution in [0.5, 0.6) is 0 Å². The van der Waals surface area contributed by atoms with Gasteiger partial charge in [0, 0.05) is 6.61 Å². The van der Waals surface area contributed by atoms with Gasteiger partial charge in [-0.3, -0.25) is 0 Å². The Morgan fingerprint density at radius 1 is 1.75 bits per heavy atom. The number of aliphatic carboxylic acids is 1. The van der Waals surface area contributed by atoms with Gasteiger partial charge in [0.15, 0.2) is 0 Å². The van der Waals surface area contributed by atoms with Crippen molar-refractivity contribution in [2.45, 2.75) is 6.92 Å². The van der Waals surface area contributed by atoms with Gasteiger partial charge in [-0.1, -0.05) is 0 Å². The van der Waals surface area contributed by atoms with Crippen LogP contribution in [0.1, 0.15) is 6.92 Å². The molecular formula is C4H11BiO3. The van der Waals surface area contributed by atoms with E-state index in [0.717, 1.165) is 0 Å². The molecule has 0 bridgehead atoms. The molecule has 0 aliphatic carbocycles. The van der Waals surface area contributed by atoms with Gasteiger partial charge < -0.3 is 9.84 Å². The van der Waals surface area contributed by atoms with E-state index < -0.39 is 5.97 Å². The summed E-state index contributed by atoms with van der Waals surface area (Å²) in [7, 11) is 0. The molecule has 0 unspecified atom stereocenters. The van der Waals surface area contributed by atoms with Crippen molar-refractivity contribution in [2.75, 3.05) is 13.2 Å². The Kier molecular flexibility index (Phi) is 10.2. The summed E-state index contributed by atoms with van der Waals surface area (Å²) in [4.78, 5) is 9.63. The number of hydrogen-bond donors (Lipinski definition) is 1. The van der Waals surface area contributed by atoms with Crippen LogP contribution in [0.15, 0.2) is 0 Å². The van der Waals surface area contributed by atoms with Gasteiger partial charge >= 0.3 is 32.2 Å². The monoisotopic (exact) mass is 316 g/mol. The molecule has 0 spiro atoms. The molecule has 3 nitrogen and oxygen atoms in total. The van der Waals surface area contributed by atoms with Gasteiger partial charge in [-0.2, -0.15) is 0 Å². The van der Waals surface area contributed by atoms with Crippen molar-refractivity contribution >= 4 is 32.2 Å². The maximum atomic E-state index is 9.63. The minimum atomic E-state index is -0.915. The van der Waals surface area contributed by atoms with Crippen LogP contribution in [0.3, 0.4) is 0 Å². The summed E-state index contributed by atoms with van der Waals surface area (Å²) in [6.45, 7) is 2.03. The first-order valence-electron chi connectivity index (χ1n) is 2.07. The van der Waals surface area contributed by atoms with E-state index in [0.29, 0.717) is 6.61 Å². The van der Waals surface area contributed by atoms with E-state index in [1.54, 1.807) is 6.92 Å². The Morgan fingerprint density at radius 2 is 2.25 bits per heavy atom. The van der Waals surface area contributed by atoms with Crippen LogP contribution >= 0.6 is 0 Å². The van der Waals surface area contributed by atoms with Gasteiger partial charge in [0.1, 0.15) is 6.61 Å². The predicted molar refractivity (Wildman–Crippen MR) is 34.1 cm³/mol. The molecule has 0 rings (SSSR count). The fourth-order valence-corrected chi connectivity index (χ4v) is 0.189. The average molecular weight is 316 g/mol. The van der Waals surface area contributed by atoms with Gasteiger partial charge in [-0.25, -0.2) is 4.79 Å². The molecule has 0 fully saturated rings. The van der Waals surface area contributed by atoms with Crippen LogP contribution in [0.4, 0.5) is 0 Å². The molecule has 0 saturated carbocycles. The maximum absolute atomic E-state index is 9.63. The Balaban J connectivity index is 0. The van der Waals surface area contributed by atoms with Crippen LogP contribution in [0.2, 0.25) is 0 Å². The fraction of sp³-hybridized carbons (Fsp3) is 0.750. The summed E-state index contributed by atoms with van der Waals surface area (Å²) in [6.07, 6.45) is 0. The first-order valence-corrected chi connectivity index (χ1v) is 2.07. The van der Waals surface area contributed by atoms with Crippen molar-refractivity contribution in [1.82, 2.24) is 0 Å². The summed E-state index contributed by atoms with van der Waals surface area (Å²) in [5, 5.41) is 7.92. The summed E-state index contributed by atoms with van der Waals surface area (Å²) < 4.78 is 4.50. The predicted octanol–water partition coefficient (Wildman–Crippen LogP) is -1.08. The fourth-order valence-electron chi connectivity index (χ4n) is 0.189. The third-order valence-electron chi connectivity index (χ3n) is 0.430. The third kappa shape index (κ3) is 9.58. The number of carbonyl (C=O) groups is 1. The van der Waals surface area contributed by atoms with Crippen LogP contribution in [0.25, 0.3) is 0 Å². The van der Waals surface area contributed by atoms with E-state index in [9.17, 15) is 4.79 Å². The van der Waals surface area contributed by atoms with Crippen molar-refractivity contribution in [3.05, 3.63) is 0 Å². The van der Waals surface area contributed by atoms with Gasteiger partial charge in [0.25, 0.3) is 0 Å². The summed E-state index contributed by atoms with van der Waals surface area (Å²) in [5.74, 6) is -0.915. The van der Waals surface area contributed by atoms with Crippen LogP contribution < -0.4 is 0 Å². The minimum absolute atomic E-state index is 0. The van der Waals surface area contributed by atoms with E-state index in [4.69, 9.17) is 5.11 Å². The number of ether oxygens (including phenoxy) is 1. The number of hydrogen-bond acceptors (Lipinski definition) is 2. The molecule has 4 heteroatoms. The van der Waals surface area contributed by atoms with Gasteiger partial charge in [0.05, 0.1) is 0 Å². The van der Waals surface area contributed by atoms with Crippen molar-refractivity contribution < 1.29 is 14.6 Å². The summed E-state index contributed by atoms with van der Waals surface area (Å²) >= 11 is 0. The zero-order valence-corrected chi connectivity index (χ0v) is 10.4. The van der Waals surface area contributed by atoms with Crippen LogP contribution in [-0.2, 0) is 9.53 Å². The third-order valence-corrected chi connectivity index (χ3v) is 0.430. The number of carboxylic acid groups (broad SMARTS) is 1. The molecule has 1 N–H and O–H groups in total. The second-order valence-corrected chi connectivity index (χ2v) is 1.03. The molecule has 0 saturated heterocycles. The first-order chi connectivity index (χ1) is 3.27. The van der Waals surface area contributed by atoms with Gasteiger partial charge in [-0.05, 0) is 6.92 Å². The Hall–Kier alpha value is 0.313. The molecule has 0 heterocycles. The van der Waals surface area contributed by atoms with Crippen molar-refractivity contribution in [1.29, 1.82) is 0 Å². The average Bonchev–Trinajstić information content (AvgIpc) is 1.61. The molecular weight excluding hydrogens is 305 g/mol. The number of rotatable bonds is 3. The second-order valence-electron chi connectivity index (χ2n) is 1.03. The molecule has 50 valence electrons. The molecule has 0 aromatic heterocycles. The number of carboxylic acids is 1. The SMILES string of the molecule is CCOCC(=O)O.[BiH3]. The molecule has 0 radical (unpaired) electrons. The summed E-state index contributed by atoms with van der Waals surface area (Å²) in [6, 6.07) is 0. The van der Waals surface area contributed by atoms with E-state index in [2.05, 4.69) is 4.74 Å². The van der Waals surface area contributed by atoms with Crippen molar-refractivity contribution in [3.8, 4) is 0 Å². The van der Waals surface area contributed by atoms with Crippen molar-refractivity contribution in [3.63, 3.8) is 0 Å². The zero-order valence-electron chi connectivity index (χ0n) is 4.89. The quantitative estimate of drug-likeness (QED) is 0.674. The molecule has 0 atom stereocenters. The molecule has 0 aromatic carbocycles. The Morgan fingerprint density at radius 3 is 2.38 bits per heavy atom. The van der Waals surface area contributed by atoms with E-state index >= 15 is 0 Å². The Labute approximate surface area is 67.2 Å². The van der Waals surface area contributed by atoms with Crippen molar-refractivity contribution in [2.24, 2.45) is 0 Å². The van der Waals surface area contributed by atoms with E-state index in [-0.39, 0.29) is 32.8 Å². The molecule has 0 aliphatic rings. The van der Waals surface area contributed by atoms with E-state index in [1.807, 2.05) is 0 Å². The van der Waals surface area contributed by atoms with Gasteiger partial charge in [-0.15, -0.1) is 0 Å². The van der Waals surface area contributed by atoms with Gasteiger partial charge in [0.2, 0.25) is 0 Å². The summed E-state index contributed by atoms with van der Waals surface area (Å²) in [5.41, 5.74) is 0. The van der Waals surface area contributed by atoms with E-state index in [1.165, 1.54) is 0 Å². The van der Waals surface area contributed by atoms with Crippen LogP contribution in [0, 0.1) is 0 Å². The second kappa shape index (κ2) is 7.31. The molecule has 0 aromatic rings. The molecule has 0 amide bonds.